The van der Waals surface area contributed by atoms with Gasteiger partial charge in [-0.2, -0.15) is 0 Å². The molecule has 0 radical (unpaired) electrons. The lowest BCUT2D eigenvalue weighted by Gasteiger charge is -2.27. The number of aromatic nitrogens is 8. The zero-order valence-electron chi connectivity index (χ0n) is 66.9. The zero-order chi connectivity index (χ0) is 77.9. The van der Waals surface area contributed by atoms with Crippen LogP contribution in [0.2, 0.25) is 0 Å². The third-order valence-electron chi connectivity index (χ3n) is 24.9. The topological polar surface area (TPSA) is 324 Å². The van der Waals surface area contributed by atoms with E-state index in [-0.39, 0.29) is 29.5 Å². The number of aryl methyl sites for hydroxylation is 8. The monoisotopic (exact) mass is 1510 g/mol. The molecular weight excluding hydrogens is 1390 g/mol. The lowest BCUT2D eigenvalue weighted by Crippen LogP contribution is -2.24. The second kappa shape index (κ2) is 36.4. The highest BCUT2D eigenvalue weighted by molar-refractivity contribution is 5.93. The minimum atomic E-state index is -0.0877. The predicted molar refractivity (Wildman–Crippen MR) is 451 cm³/mol. The SMILES string of the molecule is CC(=O)Nc1nc2c(nc1C1CCCCC1)-c1ccc(N)cc1CC2.CC(C)CC(=O)Nc1nc2c(nc1C1CCCCC1)-c1ccc(N)cc1CC2.CCC(C)C(=O)Nc1nc2c(nc1C1CCCCC1)-c1ccc(N)cc1CC2.Nc1ccc2c(c1)CCc1nc(NC(=O)CC3CCCCC3)c(C3CCCCC3)nc1-2. The molecule has 0 spiro atoms. The molecule has 4 aromatic heterocycles. The van der Waals surface area contributed by atoms with E-state index in [0.29, 0.717) is 65.8 Å². The van der Waals surface area contributed by atoms with Gasteiger partial charge in [-0.05, 0) is 205 Å². The Hall–Kier alpha value is -9.72. The van der Waals surface area contributed by atoms with Gasteiger partial charge in [-0.15, -0.1) is 0 Å². The van der Waals surface area contributed by atoms with Crippen molar-refractivity contribution in [3.8, 4) is 45.0 Å². The van der Waals surface area contributed by atoms with Crippen LogP contribution in [0.25, 0.3) is 45.0 Å². The molecule has 12 N–H and O–H groups in total. The highest BCUT2D eigenvalue weighted by Gasteiger charge is 2.34. The zero-order valence-corrected chi connectivity index (χ0v) is 66.9. The second-order valence-corrected chi connectivity index (χ2v) is 33.9. The molecule has 112 heavy (non-hydrogen) atoms. The van der Waals surface area contributed by atoms with Crippen molar-refractivity contribution in [3.05, 3.63) is 141 Å². The Bertz CT molecular complexity index is 4730. The maximum atomic E-state index is 12.9. The molecule has 0 bridgehead atoms. The second-order valence-electron chi connectivity index (χ2n) is 33.9. The number of carbonyl (C=O) groups is 4. The van der Waals surface area contributed by atoms with Crippen molar-refractivity contribution in [3.63, 3.8) is 0 Å². The Labute approximate surface area is 662 Å². The van der Waals surface area contributed by atoms with Crippen molar-refractivity contribution in [2.24, 2.45) is 17.8 Å². The van der Waals surface area contributed by atoms with Gasteiger partial charge in [0.05, 0.1) is 68.3 Å². The van der Waals surface area contributed by atoms with Gasteiger partial charge in [0.2, 0.25) is 23.6 Å². The van der Waals surface area contributed by atoms with Crippen LogP contribution in [-0.4, -0.2) is 63.5 Å². The summed E-state index contributed by atoms with van der Waals surface area (Å²) in [7, 11) is 0. The molecule has 0 aliphatic heterocycles. The average molecular weight is 1510 g/mol. The van der Waals surface area contributed by atoms with Gasteiger partial charge in [-0.1, -0.05) is 148 Å². The van der Waals surface area contributed by atoms with Crippen LogP contribution >= 0.6 is 0 Å². The summed E-state index contributed by atoms with van der Waals surface area (Å²) in [4.78, 5) is 89.8. The molecule has 8 aromatic rings. The van der Waals surface area contributed by atoms with E-state index in [2.05, 4.69) is 77.6 Å². The van der Waals surface area contributed by atoms with Gasteiger partial charge in [-0.25, -0.2) is 39.9 Å². The summed E-state index contributed by atoms with van der Waals surface area (Å²) in [6, 6.07) is 24.3. The van der Waals surface area contributed by atoms with Crippen LogP contribution in [0.15, 0.2) is 72.8 Å². The summed E-state index contributed by atoms with van der Waals surface area (Å²) in [5, 5.41) is 12.3. The summed E-state index contributed by atoms with van der Waals surface area (Å²) < 4.78 is 0. The van der Waals surface area contributed by atoms with E-state index < -0.39 is 0 Å². The van der Waals surface area contributed by atoms with Gasteiger partial charge in [0.15, 0.2) is 23.3 Å². The normalized spacial score (nSPS) is 17.7. The summed E-state index contributed by atoms with van der Waals surface area (Å²) in [6.45, 7) is 9.64. The van der Waals surface area contributed by atoms with Crippen LogP contribution in [0.1, 0.15) is 306 Å². The number of nitrogen functional groups attached to an aromatic ring is 4. The molecule has 1 atom stereocenters. The molecule has 0 saturated heterocycles. The third-order valence-corrected chi connectivity index (χ3v) is 24.9. The number of nitrogens with zero attached hydrogens (tertiary/aromatic N) is 8. The average Bonchev–Trinajstić information content (AvgIpc) is 0.782. The van der Waals surface area contributed by atoms with Gasteiger partial charge in [0, 0.05) is 94.4 Å². The van der Waals surface area contributed by atoms with Gasteiger partial charge >= 0.3 is 0 Å². The molecule has 4 heterocycles. The lowest BCUT2D eigenvalue weighted by atomic mass is 9.85. The quantitative estimate of drug-likeness (QED) is 0.0469. The number of amides is 4. The van der Waals surface area contributed by atoms with Crippen LogP contribution < -0.4 is 44.2 Å². The number of nitrogens with two attached hydrogens (primary N) is 4. The molecule has 590 valence electrons. The van der Waals surface area contributed by atoms with Crippen molar-refractivity contribution in [2.45, 2.75) is 289 Å². The van der Waals surface area contributed by atoms with Crippen LogP contribution in [0.3, 0.4) is 0 Å². The molecule has 5 fully saturated rings. The Morgan fingerprint density at radius 2 is 0.652 bits per heavy atom. The van der Waals surface area contributed by atoms with E-state index in [1.54, 1.807) is 0 Å². The number of carbonyl (C=O) groups excluding carboxylic acids is 4. The van der Waals surface area contributed by atoms with Gasteiger partial charge in [-0.3, -0.25) is 19.2 Å². The van der Waals surface area contributed by atoms with Gasteiger partial charge < -0.3 is 44.2 Å². The predicted octanol–water partition coefficient (Wildman–Crippen LogP) is 19.3. The fraction of sp³-hybridized carbons (Fsp3) is 0.522. The van der Waals surface area contributed by atoms with Crippen molar-refractivity contribution >= 4 is 69.6 Å². The van der Waals surface area contributed by atoms with E-state index in [0.717, 1.165) is 228 Å². The summed E-state index contributed by atoms with van der Waals surface area (Å²) >= 11 is 0. The fourth-order valence-electron chi connectivity index (χ4n) is 18.7. The number of hydrogen-bond donors (Lipinski definition) is 8. The van der Waals surface area contributed by atoms with Crippen LogP contribution in [0.4, 0.5) is 46.0 Å². The maximum absolute atomic E-state index is 12.9. The molecule has 5 saturated carbocycles. The lowest BCUT2D eigenvalue weighted by molar-refractivity contribution is -0.119. The first kappa shape index (κ1) is 78.9. The number of benzene rings is 4. The summed E-state index contributed by atoms with van der Waals surface area (Å²) in [5.74, 6) is 5.20. The summed E-state index contributed by atoms with van der Waals surface area (Å²) in [6.07, 6.45) is 39.0. The highest BCUT2D eigenvalue weighted by atomic mass is 16.2. The molecule has 17 rings (SSSR count). The Kier molecular flexibility index (Phi) is 25.7. The smallest absolute Gasteiger partial charge is 0.228 e. The number of fused-ring (bicyclic) bond motifs is 12. The van der Waals surface area contributed by atoms with Crippen LogP contribution in [0, 0.1) is 17.8 Å². The third kappa shape index (κ3) is 19.0. The van der Waals surface area contributed by atoms with Crippen molar-refractivity contribution in [1.29, 1.82) is 0 Å². The van der Waals surface area contributed by atoms with E-state index in [4.69, 9.17) is 62.8 Å². The van der Waals surface area contributed by atoms with Gasteiger partial charge in [0.25, 0.3) is 0 Å². The Balaban J connectivity index is 0.000000124. The Morgan fingerprint density at radius 1 is 0.366 bits per heavy atom. The standard InChI is InChI=1S/C26H34N4O.2C23H30N4O.C20H24N4O/c27-20-12-13-21-19(16-20)11-14-22-25(21)30-24(18-9-5-2-6-10-18)26(28-22)29-23(31)15-17-7-3-1-4-8-17;1-14(2)12-20(28)26-23-21(15-6-4-3-5-7-15)27-22-18-10-9-17(24)13-16(18)8-11-19(22)25-23;1-3-14(2)23(28)27-22-20(15-7-5-4-6-8-15)26-21-18-11-10-17(24)13-16(18)9-12-19(21)25-22;1-12(25)22-20-18(13-5-3-2-4-6-13)24-19-16-9-8-15(21)11-14(16)7-10-17(19)23-20/h12-13,16-18H,1-11,14-15,27H2,(H,28,29,31);9-10,13-15H,3-8,11-12,24H2,1-2H3,(H,25,26,28);10-11,13-15H,3-9,12,24H2,1-2H3,(H,25,27,28);8-9,11,13H,2-7,10,21H2,1H3,(H,22,23,25). The Morgan fingerprint density at radius 3 is 0.946 bits per heavy atom. The van der Waals surface area contributed by atoms with E-state index in [9.17, 15) is 19.2 Å². The molecular formula is C92H118N16O4. The van der Waals surface area contributed by atoms with Crippen molar-refractivity contribution < 1.29 is 19.2 Å². The summed E-state index contributed by atoms with van der Waals surface area (Å²) in [5.41, 5.74) is 48.4. The number of rotatable bonds is 14. The molecule has 9 aliphatic carbocycles. The number of anilines is 8. The van der Waals surface area contributed by atoms with E-state index >= 15 is 0 Å². The van der Waals surface area contributed by atoms with E-state index in [1.807, 2.05) is 44.2 Å². The minimum absolute atomic E-state index is 0.0271. The first-order valence-corrected chi connectivity index (χ1v) is 42.7. The van der Waals surface area contributed by atoms with Gasteiger partial charge in [0.1, 0.15) is 0 Å². The molecule has 20 heteroatoms. The maximum Gasteiger partial charge on any atom is 0.228 e. The molecule has 9 aliphatic rings. The minimum Gasteiger partial charge on any atom is -0.399 e. The highest BCUT2D eigenvalue weighted by Crippen LogP contribution is 2.46. The van der Waals surface area contributed by atoms with Crippen LogP contribution in [-0.2, 0) is 70.5 Å². The fourth-order valence-corrected chi connectivity index (χ4v) is 18.7. The number of nitrogens with one attached hydrogen (secondary N) is 4. The van der Waals surface area contributed by atoms with E-state index in [1.165, 1.54) is 138 Å². The molecule has 20 nitrogen and oxygen atoms in total. The van der Waals surface area contributed by atoms with Crippen molar-refractivity contribution in [1.82, 2.24) is 39.9 Å². The molecule has 1 unspecified atom stereocenters. The molecule has 4 aromatic carbocycles. The number of hydrogen-bond acceptors (Lipinski definition) is 16. The van der Waals surface area contributed by atoms with Crippen molar-refractivity contribution in [2.75, 3.05) is 44.2 Å². The molecule has 4 amide bonds. The van der Waals surface area contributed by atoms with Crippen LogP contribution in [0.5, 0.6) is 0 Å². The first-order chi connectivity index (χ1) is 54.4. The largest absolute Gasteiger partial charge is 0.399 e. The first-order valence-electron chi connectivity index (χ1n) is 42.7.